The number of nitrogens with zero attached hydrogens (tertiary/aromatic N) is 3. The minimum atomic E-state index is -3.70. The Bertz CT molecular complexity index is 896. The van der Waals surface area contributed by atoms with Crippen LogP contribution in [-0.2, 0) is 23.0 Å². The third-order valence-electron chi connectivity index (χ3n) is 4.10. The van der Waals surface area contributed by atoms with Gasteiger partial charge in [-0.25, -0.2) is 18.5 Å². The average molecular weight is 361 g/mol. The van der Waals surface area contributed by atoms with Crippen LogP contribution in [0, 0.1) is 6.92 Å². The third kappa shape index (κ3) is 4.08. The van der Waals surface area contributed by atoms with E-state index in [9.17, 15) is 8.42 Å². The number of hydrogen-bond donors (Lipinski definition) is 2. The van der Waals surface area contributed by atoms with Gasteiger partial charge in [-0.1, -0.05) is 6.07 Å². The number of aryl methyl sites for hydroxylation is 1. The summed E-state index contributed by atoms with van der Waals surface area (Å²) in [5.74, 6) is 1.44. The Labute approximate surface area is 148 Å². The highest BCUT2D eigenvalue weighted by atomic mass is 32.2. The van der Waals surface area contributed by atoms with Gasteiger partial charge in [0.2, 0.25) is 16.0 Å². The van der Waals surface area contributed by atoms with E-state index in [0.29, 0.717) is 12.5 Å². The van der Waals surface area contributed by atoms with Gasteiger partial charge in [0.15, 0.2) is 0 Å². The molecule has 25 heavy (non-hydrogen) atoms. The second-order valence-corrected chi connectivity index (χ2v) is 8.20. The molecule has 7 nitrogen and oxygen atoms in total. The fraction of sp³-hybridized carbons (Fsp3) is 0.412. The summed E-state index contributed by atoms with van der Waals surface area (Å²) in [6.07, 6.45) is 0.830. The fourth-order valence-electron chi connectivity index (χ4n) is 2.94. The lowest BCUT2D eigenvalue weighted by molar-refractivity contribution is 0.597. The summed E-state index contributed by atoms with van der Waals surface area (Å²) in [5, 5.41) is 8.48. The first-order valence-electron chi connectivity index (χ1n) is 8.24. The third-order valence-corrected chi connectivity index (χ3v) is 5.01. The highest BCUT2D eigenvalue weighted by molar-refractivity contribution is 7.89. The van der Waals surface area contributed by atoms with Crippen LogP contribution in [0.15, 0.2) is 29.2 Å². The van der Waals surface area contributed by atoms with Crippen LogP contribution in [0.2, 0.25) is 0 Å². The van der Waals surface area contributed by atoms with Crippen molar-refractivity contribution in [2.24, 2.45) is 5.14 Å². The van der Waals surface area contributed by atoms with Crippen molar-refractivity contribution < 1.29 is 8.42 Å². The van der Waals surface area contributed by atoms with Crippen LogP contribution >= 0.6 is 0 Å². The molecule has 0 saturated heterocycles. The van der Waals surface area contributed by atoms with Crippen molar-refractivity contribution in [2.45, 2.75) is 44.7 Å². The number of hydrogen-bond acceptors (Lipinski definition) is 6. The summed E-state index contributed by atoms with van der Waals surface area (Å²) in [6, 6.07) is 7.28. The molecule has 0 spiro atoms. The number of anilines is 2. The van der Waals surface area contributed by atoms with Crippen LogP contribution in [0.3, 0.4) is 0 Å². The molecule has 1 aliphatic rings. The van der Waals surface area contributed by atoms with E-state index >= 15 is 0 Å². The van der Waals surface area contributed by atoms with Crippen molar-refractivity contribution in [1.82, 2.24) is 9.97 Å². The zero-order valence-corrected chi connectivity index (χ0v) is 15.5. The zero-order valence-electron chi connectivity index (χ0n) is 14.7. The van der Waals surface area contributed by atoms with Crippen LogP contribution < -0.4 is 15.4 Å². The van der Waals surface area contributed by atoms with Gasteiger partial charge in [0.1, 0.15) is 5.82 Å². The molecule has 2 aromatic rings. The van der Waals surface area contributed by atoms with Crippen molar-refractivity contribution in [3.8, 4) is 0 Å². The molecule has 0 amide bonds. The fourth-order valence-corrected chi connectivity index (χ4v) is 3.51. The maximum Gasteiger partial charge on any atom is 0.238 e. The van der Waals surface area contributed by atoms with Gasteiger partial charge < -0.3 is 10.2 Å². The highest BCUT2D eigenvalue weighted by Gasteiger charge is 2.20. The van der Waals surface area contributed by atoms with Crippen molar-refractivity contribution in [3.63, 3.8) is 0 Å². The number of fused-ring (bicyclic) bond motifs is 1. The smallest absolute Gasteiger partial charge is 0.238 e. The van der Waals surface area contributed by atoms with Gasteiger partial charge >= 0.3 is 0 Å². The van der Waals surface area contributed by atoms with Gasteiger partial charge in [0, 0.05) is 30.9 Å². The second kappa shape index (κ2) is 6.61. The number of aromatic nitrogens is 2. The zero-order chi connectivity index (χ0) is 18.2. The van der Waals surface area contributed by atoms with Gasteiger partial charge in [0.25, 0.3) is 0 Å². The van der Waals surface area contributed by atoms with Crippen LogP contribution in [-0.4, -0.2) is 31.0 Å². The van der Waals surface area contributed by atoms with E-state index in [1.807, 2.05) is 32.9 Å². The molecule has 0 atom stereocenters. The standard InChI is InChI=1S/C17H23N5O2S/c1-11(2)19-17-20-12(3)8-16(21-17)22-7-6-13-4-5-15(25(18,23)24)9-14(13)10-22/h4-5,8-9,11H,6-7,10H2,1-3H3,(H2,18,23,24)(H,19,20,21). The van der Waals surface area contributed by atoms with E-state index in [2.05, 4.69) is 20.2 Å². The molecule has 3 rings (SSSR count). The largest absolute Gasteiger partial charge is 0.352 e. The van der Waals surface area contributed by atoms with Gasteiger partial charge in [-0.05, 0) is 50.5 Å². The minimum absolute atomic E-state index is 0.147. The van der Waals surface area contributed by atoms with Crippen LogP contribution in [0.25, 0.3) is 0 Å². The summed E-state index contributed by atoms with van der Waals surface area (Å²) in [4.78, 5) is 11.3. The highest BCUT2D eigenvalue weighted by Crippen LogP contribution is 2.26. The van der Waals surface area contributed by atoms with E-state index in [4.69, 9.17) is 5.14 Å². The van der Waals surface area contributed by atoms with Crippen molar-refractivity contribution >= 4 is 21.8 Å². The molecule has 3 N–H and O–H groups in total. The second-order valence-electron chi connectivity index (χ2n) is 6.64. The summed E-state index contributed by atoms with van der Waals surface area (Å²) in [6.45, 7) is 7.43. The first-order valence-corrected chi connectivity index (χ1v) is 9.79. The average Bonchev–Trinajstić information content (AvgIpc) is 2.51. The quantitative estimate of drug-likeness (QED) is 0.861. The molecule has 1 aromatic carbocycles. The first kappa shape index (κ1) is 17.6. The van der Waals surface area contributed by atoms with E-state index in [-0.39, 0.29) is 10.9 Å². The molecule has 0 fully saturated rings. The predicted octanol–water partition coefficient (Wildman–Crippen LogP) is 1.82. The number of sulfonamides is 1. The molecule has 0 unspecified atom stereocenters. The molecular weight excluding hydrogens is 338 g/mol. The monoisotopic (exact) mass is 361 g/mol. The maximum atomic E-state index is 11.6. The number of nitrogens with one attached hydrogen (secondary N) is 1. The molecule has 1 aromatic heterocycles. The Morgan fingerprint density at radius 2 is 1.96 bits per heavy atom. The van der Waals surface area contributed by atoms with Gasteiger partial charge in [-0.3, -0.25) is 0 Å². The van der Waals surface area contributed by atoms with Gasteiger partial charge in [0.05, 0.1) is 4.90 Å². The Morgan fingerprint density at radius 1 is 1.20 bits per heavy atom. The van der Waals surface area contributed by atoms with Gasteiger partial charge in [-0.15, -0.1) is 0 Å². The number of primary sulfonamides is 1. The SMILES string of the molecule is Cc1cc(N2CCc3ccc(S(N)(=O)=O)cc3C2)nc(NC(C)C)n1. The molecule has 1 aliphatic heterocycles. The topological polar surface area (TPSA) is 101 Å². The molecule has 8 heteroatoms. The minimum Gasteiger partial charge on any atom is -0.352 e. The lowest BCUT2D eigenvalue weighted by Crippen LogP contribution is -2.31. The van der Waals surface area contributed by atoms with E-state index < -0.39 is 10.0 Å². The Balaban J connectivity index is 1.91. The summed E-state index contributed by atoms with van der Waals surface area (Å²) >= 11 is 0. The number of nitrogens with two attached hydrogens (primary N) is 1. The number of rotatable bonds is 4. The van der Waals surface area contributed by atoms with Crippen LogP contribution in [0.4, 0.5) is 11.8 Å². The lowest BCUT2D eigenvalue weighted by Gasteiger charge is -2.30. The molecule has 0 saturated carbocycles. The predicted molar refractivity (Wildman–Crippen MR) is 98.1 cm³/mol. The van der Waals surface area contributed by atoms with E-state index in [1.54, 1.807) is 12.1 Å². The summed E-state index contributed by atoms with van der Waals surface area (Å²) in [5.41, 5.74) is 3.00. The van der Waals surface area contributed by atoms with Gasteiger partial charge in [-0.2, -0.15) is 4.98 Å². The molecule has 0 bridgehead atoms. The van der Waals surface area contributed by atoms with Crippen LogP contribution in [0.5, 0.6) is 0 Å². The Kier molecular flexibility index (Phi) is 4.66. The molecule has 0 aliphatic carbocycles. The Hall–Kier alpha value is -2.19. The van der Waals surface area contributed by atoms with Crippen LogP contribution in [0.1, 0.15) is 30.7 Å². The normalized spacial score (nSPS) is 14.5. The van der Waals surface area contributed by atoms with Crippen molar-refractivity contribution in [3.05, 3.63) is 41.1 Å². The summed E-state index contributed by atoms with van der Waals surface area (Å²) < 4.78 is 23.2. The molecule has 0 radical (unpaired) electrons. The van der Waals surface area contributed by atoms with Crippen molar-refractivity contribution in [2.75, 3.05) is 16.8 Å². The van der Waals surface area contributed by atoms with E-state index in [1.165, 1.54) is 0 Å². The van der Waals surface area contributed by atoms with Crippen molar-refractivity contribution in [1.29, 1.82) is 0 Å². The molecular formula is C17H23N5O2S. The van der Waals surface area contributed by atoms with E-state index in [0.717, 1.165) is 35.6 Å². The summed E-state index contributed by atoms with van der Waals surface area (Å²) in [7, 11) is -3.70. The molecule has 2 heterocycles. The Morgan fingerprint density at radius 3 is 2.64 bits per heavy atom. The molecule has 134 valence electrons. The first-order chi connectivity index (χ1) is 11.7. The number of benzene rings is 1. The lowest BCUT2D eigenvalue weighted by atomic mass is 10.00. The maximum absolute atomic E-state index is 11.6.